The van der Waals surface area contributed by atoms with Crippen LogP contribution in [-0.4, -0.2) is 22.0 Å². The Balaban J connectivity index is 2.26. The second-order valence-electron chi connectivity index (χ2n) is 4.10. The molecule has 6 heteroatoms. The Kier molecular flexibility index (Phi) is 4.14. The normalized spacial score (nSPS) is 10.1. The number of carboxylic acid groups (broad SMARTS) is 1. The molecule has 0 aliphatic rings. The molecule has 0 spiro atoms. The standard InChI is InChI=1S/C14H11BrN2O3/c1-8-10(3-2-4-11(8)15)13(18)17-12-7-9(14(19)20)5-6-16-12/h2-7H,1H3,(H,19,20)(H,16,17,18). The predicted molar refractivity (Wildman–Crippen MR) is 78.0 cm³/mol. The number of pyridine rings is 1. The third kappa shape index (κ3) is 3.03. The Bertz CT molecular complexity index is 686. The Hall–Kier alpha value is -2.21. The van der Waals surface area contributed by atoms with Gasteiger partial charge in [0.15, 0.2) is 0 Å². The molecule has 0 aliphatic heterocycles. The minimum atomic E-state index is -1.07. The van der Waals surface area contributed by atoms with Crippen molar-refractivity contribution in [1.29, 1.82) is 0 Å². The van der Waals surface area contributed by atoms with Gasteiger partial charge in [-0.15, -0.1) is 0 Å². The molecule has 0 atom stereocenters. The maximum Gasteiger partial charge on any atom is 0.335 e. The van der Waals surface area contributed by atoms with Gasteiger partial charge < -0.3 is 10.4 Å². The molecule has 2 rings (SSSR count). The van der Waals surface area contributed by atoms with Crippen molar-refractivity contribution in [3.8, 4) is 0 Å². The molecule has 20 heavy (non-hydrogen) atoms. The van der Waals surface area contributed by atoms with Crippen LogP contribution >= 0.6 is 15.9 Å². The number of hydrogen-bond donors (Lipinski definition) is 2. The van der Waals surface area contributed by atoms with E-state index in [1.54, 1.807) is 12.1 Å². The number of nitrogens with one attached hydrogen (secondary N) is 1. The lowest BCUT2D eigenvalue weighted by molar-refractivity contribution is 0.0696. The lowest BCUT2D eigenvalue weighted by atomic mass is 10.1. The molecule has 2 N–H and O–H groups in total. The number of halogens is 1. The van der Waals surface area contributed by atoms with Crippen LogP contribution in [-0.2, 0) is 0 Å². The summed E-state index contributed by atoms with van der Waals surface area (Å²) in [5.41, 5.74) is 1.38. The minimum absolute atomic E-state index is 0.0706. The fourth-order valence-electron chi connectivity index (χ4n) is 1.67. The maximum atomic E-state index is 12.1. The van der Waals surface area contributed by atoms with Gasteiger partial charge in [0, 0.05) is 16.2 Å². The lowest BCUT2D eigenvalue weighted by Crippen LogP contribution is -2.15. The highest BCUT2D eigenvalue weighted by Crippen LogP contribution is 2.20. The quantitative estimate of drug-likeness (QED) is 0.903. The number of carbonyl (C=O) groups excluding carboxylic acids is 1. The number of amides is 1. The van der Waals surface area contributed by atoms with E-state index in [2.05, 4.69) is 26.2 Å². The molecule has 102 valence electrons. The van der Waals surface area contributed by atoms with Crippen molar-refractivity contribution in [1.82, 2.24) is 4.98 Å². The van der Waals surface area contributed by atoms with Crippen LogP contribution in [0.1, 0.15) is 26.3 Å². The third-order valence-corrected chi connectivity index (χ3v) is 3.62. The molecular weight excluding hydrogens is 324 g/mol. The second kappa shape index (κ2) is 5.83. The van der Waals surface area contributed by atoms with E-state index in [9.17, 15) is 9.59 Å². The Morgan fingerprint density at radius 1 is 1.30 bits per heavy atom. The van der Waals surface area contributed by atoms with E-state index in [1.165, 1.54) is 18.3 Å². The van der Waals surface area contributed by atoms with E-state index in [1.807, 2.05) is 13.0 Å². The number of aromatic carboxylic acids is 1. The van der Waals surface area contributed by atoms with Crippen molar-refractivity contribution in [2.45, 2.75) is 6.92 Å². The number of rotatable bonds is 3. The van der Waals surface area contributed by atoms with Gasteiger partial charge >= 0.3 is 5.97 Å². The van der Waals surface area contributed by atoms with Gasteiger partial charge in [-0.1, -0.05) is 22.0 Å². The van der Waals surface area contributed by atoms with E-state index in [-0.39, 0.29) is 17.3 Å². The van der Waals surface area contributed by atoms with Gasteiger partial charge in [0.05, 0.1) is 5.56 Å². The summed E-state index contributed by atoms with van der Waals surface area (Å²) in [6.07, 6.45) is 1.34. The van der Waals surface area contributed by atoms with Gasteiger partial charge in [-0.3, -0.25) is 4.79 Å². The summed E-state index contributed by atoms with van der Waals surface area (Å²) in [6.45, 7) is 1.82. The molecule has 2 aromatic rings. The second-order valence-corrected chi connectivity index (χ2v) is 4.96. The van der Waals surface area contributed by atoms with Crippen LogP contribution in [0.5, 0.6) is 0 Å². The fraction of sp³-hybridized carbons (Fsp3) is 0.0714. The zero-order chi connectivity index (χ0) is 14.7. The maximum absolute atomic E-state index is 12.1. The highest BCUT2D eigenvalue weighted by molar-refractivity contribution is 9.10. The van der Waals surface area contributed by atoms with Crippen molar-refractivity contribution in [2.75, 3.05) is 5.32 Å². The average Bonchev–Trinajstić information content (AvgIpc) is 2.42. The van der Waals surface area contributed by atoms with Gasteiger partial charge in [-0.2, -0.15) is 0 Å². The molecule has 1 aromatic heterocycles. The molecule has 0 radical (unpaired) electrons. The van der Waals surface area contributed by atoms with E-state index in [0.29, 0.717) is 5.56 Å². The predicted octanol–water partition coefficient (Wildman–Crippen LogP) is 3.10. The van der Waals surface area contributed by atoms with E-state index in [4.69, 9.17) is 5.11 Å². The number of aromatic nitrogens is 1. The summed E-state index contributed by atoms with van der Waals surface area (Å²) in [5, 5.41) is 11.5. The molecule has 1 aromatic carbocycles. The first-order chi connectivity index (χ1) is 9.49. The number of nitrogens with zero attached hydrogens (tertiary/aromatic N) is 1. The van der Waals surface area contributed by atoms with Crippen LogP contribution in [0.2, 0.25) is 0 Å². The minimum Gasteiger partial charge on any atom is -0.478 e. The molecule has 0 fully saturated rings. The van der Waals surface area contributed by atoms with E-state index >= 15 is 0 Å². The SMILES string of the molecule is Cc1c(Br)cccc1C(=O)Nc1cc(C(=O)O)ccn1. The van der Waals surface area contributed by atoms with Crippen LogP contribution in [0, 0.1) is 6.92 Å². The molecular formula is C14H11BrN2O3. The van der Waals surface area contributed by atoms with Crippen molar-refractivity contribution < 1.29 is 14.7 Å². The van der Waals surface area contributed by atoms with Crippen molar-refractivity contribution in [2.24, 2.45) is 0 Å². The monoisotopic (exact) mass is 334 g/mol. The first-order valence-corrected chi connectivity index (χ1v) is 6.54. The molecule has 0 saturated heterocycles. The van der Waals surface area contributed by atoms with Gasteiger partial charge in [-0.05, 0) is 36.8 Å². The molecule has 5 nitrogen and oxygen atoms in total. The molecule has 0 bridgehead atoms. The van der Waals surface area contributed by atoms with Crippen LogP contribution < -0.4 is 5.32 Å². The van der Waals surface area contributed by atoms with E-state index < -0.39 is 5.97 Å². The van der Waals surface area contributed by atoms with Crippen LogP contribution in [0.15, 0.2) is 41.0 Å². The van der Waals surface area contributed by atoms with Crippen LogP contribution in [0.4, 0.5) is 5.82 Å². The number of benzene rings is 1. The largest absolute Gasteiger partial charge is 0.478 e. The fourth-order valence-corrected chi connectivity index (χ4v) is 2.04. The van der Waals surface area contributed by atoms with E-state index in [0.717, 1.165) is 10.0 Å². The Labute approximate surface area is 123 Å². The van der Waals surface area contributed by atoms with Crippen LogP contribution in [0.3, 0.4) is 0 Å². The molecule has 1 amide bonds. The lowest BCUT2D eigenvalue weighted by Gasteiger charge is -2.08. The number of anilines is 1. The van der Waals surface area contributed by atoms with Crippen LogP contribution in [0.25, 0.3) is 0 Å². The summed E-state index contributed by atoms with van der Waals surface area (Å²) in [6, 6.07) is 7.97. The summed E-state index contributed by atoms with van der Waals surface area (Å²) in [7, 11) is 0. The molecule has 0 saturated carbocycles. The molecule has 0 aliphatic carbocycles. The number of hydrogen-bond acceptors (Lipinski definition) is 3. The summed E-state index contributed by atoms with van der Waals surface area (Å²) < 4.78 is 0.831. The molecule has 0 unspecified atom stereocenters. The summed E-state index contributed by atoms with van der Waals surface area (Å²) in [5.74, 6) is -1.20. The smallest absolute Gasteiger partial charge is 0.335 e. The summed E-state index contributed by atoms with van der Waals surface area (Å²) in [4.78, 5) is 26.9. The van der Waals surface area contributed by atoms with Crippen molar-refractivity contribution in [3.05, 3.63) is 57.7 Å². The van der Waals surface area contributed by atoms with Gasteiger partial charge in [-0.25, -0.2) is 9.78 Å². The highest BCUT2D eigenvalue weighted by atomic mass is 79.9. The Morgan fingerprint density at radius 3 is 2.75 bits per heavy atom. The van der Waals surface area contributed by atoms with Crippen molar-refractivity contribution in [3.63, 3.8) is 0 Å². The topological polar surface area (TPSA) is 79.3 Å². The summed E-state index contributed by atoms with van der Waals surface area (Å²) >= 11 is 3.36. The zero-order valence-corrected chi connectivity index (χ0v) is 12.1. The Morgan fingerprint density at radius 2 is 2.05 bits per heavy atom. The van der Waals surface area contributed by atoms with Gasteiger partial charge in [0.2, 0.25) is 0 Å². The zero-order valence-electron chi connectivity index (χ0n) is 10.6. The first kappa shape index (κ1) is 14.2. The number of carboxylic acids is 1. The van der Waals surface area contributed by atoms with Gasteiger partial charge in [0.1, 0.15) is 5.82 Å². The number of carbonyl (C=O) groups is 2. The van der Waals surface area contributed by atoms with Crippen molar-refractivity contribution >= 4 is 33.6 Å². The molecule has 1 heterocycles. The first-order valence-electron chi connectivity index (χ1n) is 5.75. The third-order valence-electron chi connectivity index (χ3n) is 2.76. The highest BCUT2D eigenvalue weighted by Gasteiger charge is 2.12. The van der Waals surface area contributed by atoms with Gasteiger partial charge in [0.25, 0.3) is 5.91 Å². The average molecular weight is 335 g/mol.